The first kappa shape index (κ1) is 13.0. The Labute approximate surface area is 105 Å². The molecule has 1 aromatic carbocycles. The normalized spacial score (nSPS) is 10.1. The Bertz CT molecular complexity index is 366. The Morgan fingerprint density at radius 1 is 1.44 bits per heavy atom. The number of rotatable bonds is 5. The molecule has 1 aromatic rings. The summed E-state index contributed by atoms with van der Waals surface area (Å²) in [5.74, 6) is -0.0738. The number of unbranched alkanes of at least 4 members (excludes halogenated alkanes) is 2. The lowest BCUT2D eigenvalue weighted by Gasteiger charge is -2.07. The second-order valence-electron chi connectivity index (χ2n) is 3.70. The van der Waals surface area contributed by atoms with Gasteiger partial charge in [-0.3, -0.25) is 4.79 Å². The van der Waals surface area contributed by atoms with Gasteiger partial charge in [0.2, 0.25) is 0 Å². The van der Waals surface area contributed by atoms with Crippen molar-refractivity contribution in [3.05, 3.63) is 28.2 Å². The van der Waals surface area contributed by atoms with E-state index in [1.54, 1.807) is 18.2 Å². The minimum atomic E-state index is -0.0738. The quantitative estimate of drug-likeness (QED) is 0.645. The van der Waals surface area contributed by atoms with Crippen LogP contribution >= 0.6 is 15.9 Å². The molecule has 3 nitrogen and oxygen atoms in total. The van der Waals surface area contributed by atoms with E-state index >= 15 is 0 Å². The fourth-order valence-corrected chi connectivity index (χ4v) is 1.82. The van der Waals surface area contributed by atoms with Crippen LogP contribution in [0.15, 0.2) is 22.7 Å². The second-order valence-corrected chi connectivity index (χ2v) is 4.56. The van der Waals surface area contributed by atoms with E-state index in [2.05, 4.69) is 28.2 Å². The summed E-state index contributed by atoms with van der Waals surface area (Å²) in [6.45, 7) is 2.85. The van der Waals surface area contributed by atoms with Crippen LogP contribution in [0.1, 0.15) is 36.5 Å². The zero-order valence-electron chi connectivity index (χ0n) is 9.42. The number of halogens is 1. The van der Waals surface area contributed by atoms with Crippen molar-refractivity contribution < 1.29 is 4.79 Å². The molecule has 0 saturated heterocycles. The van der Waals surface area contributed by atoms with Crippen LogP contribution in [0.5, 0.6) is 0 Å². The van der Waals surface area contributed by atoms with E-state index in [0.29, 0.717) is 17.8 Å². The average Bonchev–Trinajstić information content (AvgIpc) is 2.27. The minimum Gasteiger partial charge on any atom is -0.399 e. The van der Waals surface area contributed by atoms with E-state index in [4.69, 9.17) is 5.73 Å². The first-order valence-electron chi connectivity index (χ1n) is 5.48. The summed E-state index contributed by atoms with van der Waals surface area (Å²) in [7, 11) is 0. The van der Waals surface area contributed by atoms with Crippen molar-refractivity contribution in [2.75, 3.05) is 12.3 Å². The highest BCUT2D eigenvalue weighted by molar-refractivity contribution is 9.10. The van der Waals surface area contributed by atoms with Crippen LogP contribution in [0.3, 0.4) is 0 Å². The molecule has 0 aliphatic carbocycles. The highest BCUT2D eigenvalue weighted by Gasteiger charge is 2.09. The maximum absolute atomic E-state index is 11.8. The number of carbonyl (C=O) groups excluding carboxylic acids is 1. The molecule has 1 amide bonds. The molecule has 4 heteroatoms. The molecule has 0 unspecified atom stereocenters. The summed E-state index contributed by atoms with van der Waals surface area (Å²) in [6, 6.07) is 5.23. The van der Waals surface area contributed by atoms with Crippen molar-refractivity contribution >= 4 is 27.5 Å². The Morgan fingerprint density at radius 3 is 2.88 bits per heavy atom. The molecule has 0 aliphatic rings. The lowest BCUT2D eigenvalue weighted by Crippen LogP contribution is -2.24. The van der Waals surface area contributed by atoms with Crippen molar-refractivity contribution in [2.24, 2.45) is 0 Å². The number of amides is 1. The number of nitrogen functional groups attached to an aromatic ring is 1. The molecule has 0 aromatic heterocycles. The van der Waals surface area contributed by atoms with Crippen LogP contribution in [-0.4, -0.2) is 12.5 Å². The van der Waals surface area contributed by atoms with Gasteiger partial charge in [-0.25, -0.2) is 0 Å². The maximum atomic E-state index is 11.8. The van der Waals surface area contributed by atoms with Crippen molar-refractivity contribution in [3.8, 4) is 0 Å². The molecule has 3 N–H and O–H groups in total. The van der Waals surface area contributed by atoms with Crippen LogP contribution in [0.4, 0.5) is 5.69 Å². The molecule has 0 saturated carbocycles. The smallest absolute Gasteiger partial charge is 0.252 e. The average molecular weight is 285 g/mol. The van der Waals surface area contributed by atoms with E-state index in [9.17, 15) is 4.79 Å². The minimum absolute atomic E-state index is 0.0738. The molecule has 0 fully saturated rings. The fourth-order valence-electron chi connectivity index (χ4n) is 1.39. The number of hydrogen-bond donors (Lipinski definition) is 2. The summed E-state index contributed by atoms with van der Waals surface area (Å²) in [4.78, 5) is 11.8. The molecule has 1 rings (SSSR count). The Hall–Kier alpha value is -1.03. The van der Waals surface area contributed by atoms with Crippen molar-refractivity contribution in [2.45, 2.75) is 26.2 Å². The lowest BCUT2D eigenvalue weighted by molar-refractivity contribution is 0.0952. The topological polar surface area (TPSA) is 55.1 Å². The first-order chi connectivity index (χ1) is 7.65. The number of anilines is 1. The predicted octanol–water partition coefficient (Wildman–Crippen LogP) is 2.95. The van der Waals surface area contributed by atoms with Gasteiger partial charge in [0.1, 0.15) is 0 Å². The number of nitrogens with one attached hydrogen (secondary N) is 1. The van der Waals surface area contributed by atoms with E-state index in [1.807, 2.05) is 0 Å². The SMILES string of the molecule is CCCCCNC(=O)c1cc(N)ccc1Br. The molecular weight excluding hydrogens is 268 g/mol. The highest BCUT2D eigenvalue weighted by atomic mass is 79.9. The van der Waals surface area contributed by atoms with Gasteiger partial charge in [0.05, 0.1) is 5.56 Å². The van der Waals surface area contributed by atoms with Crippen molar-refractivity contribution in [1.82, 2.24) is 5.32 Å². The number of hydrogen-bond acceptors (Lipinski definition) is 2. The molecule has 0 radical (unpaired) electrons. The first-order valence-corrected chi connectivity index (χ1v) is 6.27. The number of carbonyl (C=O) groups is 1. The predicted molar refractivity (Wildman–Crippen MR) is 70.4 cm³/mol. The molecule has 0 spiro atoms. The molecule has 88 valence electrons. The summed E-state index contributed by atoms with van der Waals surface area (Å²) < 4.78 is 0.773. The number of nitrogens with two attached hydrogens (primary N) is 1. The van der Waals surface area contributed by atoms with Crippen molar-refractivity contribution in [3.63, 3.8) is 0 Å². The summed E-state index contributed by atoms with van der Waals surface area (Å²) >= 11 is 3.34. The number of benzene rings is 1. The summed E-state index contributed by atoms with van der Waals surface area (Å²) in [5, 5.41) is 2.88. The van der Waals surface area contributed by atoms with Crippen LogP contribution in [-0.2, 0) is 0 Å². The van der Waals surface area contributed by atoms with E-state index in [1.165, 1.54) is 0 Å². The van der Waals surface area contributed by atoms with Gasteiger partial charge in [0.15, 0.2) is 0 Å². The van der Waals surface area contributed by atoms with Gasteiger partial charge in [-0.15, -0.1) is 0 Å². The summed E-state index contributed by atoms with van der Waals surface area (Å²) in [5.41, 5.74) is 6.83. The third-order valence-corrected chi connectivity index (χ3v) is 2.99. The second kappa shape index (κ2) is 6.53. The van der Waals surface area contributed by atoms with Crippen LogP contribution < -0.4 is 11.1 Å². The molecule has 0 atom stereocenters. The standard InChI is InChI=1S/C12H17BrN2O/c1-2-3-4-7-15-12(16)10-8-9(14)5-6-11(10)13/h5-6,8H,2-4,7,14H2,1H3,(H,15,16). The van der Waals surface area contributed by atoms with Gasteiger partial charge in [-0.2, -0.15) is 0 Å². The zero-order chi connectivity index (χ0) is 12.0. The third kappa shape index (κ3) is 3.85. The zero-order valence-corrected chi connectivity index (χ0v) is 11.0. The van der Waals surface area contributed by atoms with E-state index in [0.717, 1.165) is 23.7 Å². The monoisotopic (exact) mass is 284 g/mol. The Kier molecular flexibility index (Phi) is 5.32. The molecule has 0 heterocycles. The molecule has 0 aliphatic heterocycles. The molecule has 16 heavy (non-hydrogen) atoms. The van der Waals surface area contributed by atoms with Crippen LogP contribution in [0.2, 0.25) is 0 Å². The van der Waals surface area contributed by atoms with Gasteiger partial charge in [-0.1, -0.05) is 19.8 Å². The lowest BCUT2D eigenvalue weighted by atomic mass is 10.2. The van der Waals surface area contributed by atoms with Gasteiger partial charge in [0.25, 0.3) is 5.91 Å². The van der Waals surface area contributed by atoms with Crippen LogP contribution in [0.25, 0.3) is 0 Å². The largest absolute Gasteiger partial charge is 0.399 e. The van der Waals surface area contributed by atoms with Gasteiger partial charge in [0, 0.05) is 16.7 Å². The van der Waals surface area contributed by atoms with Crippen LogP contribution in [0, 0.1) is 0 Å². The van der Waals surface area contributed by atoms with Gasteiger partial charge >= 0.3 is 0 Å². The van der Waals surface area contributed by atoms with Gasteiger partial charge in [-0.05, 0) is 40.5 Å². The third-order valence-electron chi connectivity index (χ3n) is 2.30. The van der Waals surface area contributed by atoms with Crippen molar-refractivity contribution in [1.29, 1.82) is 0 Å². The summed E-state index contributed by atoms with van der Waals surface area (Å²) in [6.07, 6.45) is 3.30. The Balaban J connectivity index is 2.55. The molecule has 0 bridgehead atoms. The fraction of sp³-hybridized carbons (Fsp3) is 0.417. The highest BCUT2D eigenvalue weighted by Crippen LogP contribution is 2.19. The van der Waals surface area contributed by atoms with E-state index in [-0.39, 0.29) is 5.91 Å². The molecular formula is C12H17BrN2O. The van der Waals surface area contributed by atoms with Gasteiger partial charge < -0.3 is 11.1 Å². The maximum Gasteiger partial charge on any atom is 0.252 e. The van der Waals surface area contributed by atoms with E-state index < -0.39 is 0 Å². The Morgan fingerprint density at radius 2 is 2.19 bits per heavy atom.